The number of carbonyl (C=O) groups excluding carboxylic acids is 1. The molecule has 0 fully saturated rings. The van der Waals surface area contributed by atoms with Gasteiger partial charge in [-0.25, -0.2) is 0 Å². The second kappa shape index (κ2) is 7.05. The summed E-state index contributed by atoms with van der Waals surface area (Å²) in [5, 5.41) is 0.590. The summed E-state index contributed by atoms with van der Waals surface area (Å²) in [6.07, 6.45) is 1.73. The first-order chi connectivity index (χ1) is 9.99. The molecule has 1 amide bonds. The Kier molecular flexibility index (Phi) is 5.37. The maximum Gasteiger partial charge on any atom is 0.254 e. The van der Waals surface area contributed by atoms with E-state index in [1.165, 1.54) is 0 Å². The van der Waals surface area contributed by atoms with Gasteiger partial charge in [-0.3, -0.25) is 9.78 Å². The first-order valence-electron chi connectivity index (χ1n) is 6.65. The molecule has 1 heterocycles. The third kappa shape index (κ3) is 4.05. The van der Waals surface area contributed by atoms with Crippen molar-refractivity contribution in [3.63, 3.8) is 0 Å². The summed E-state index contributed by atoms with van der Waals surface area (Å²) < 4.78 is 0.719. The highest BCUT2D eigenvalue weighted by Gasteiger charge is 2.20. The maximum atomic E-state index is 12.7. The minimum absolute atomic E-state index is 0.0342. The van der Waals surface area contributed by atoms with Crippen molar-refractivity contribution in [2.75, 3.05) is 0 Å². The molecule has 0 radical (unpaired) electrons. The van der Waals surface area contributed by atoms with Crippen molar-refractivity contribution in [2.24, 2.45) is 0 Å². The van der Waals surface area contributed by atoms with E-state index in [-0.39, 0.29) is 11.9 Å². The molecular weight excluding hydrogens is 352 g/mol. The SMILES string of the molecule is CC(C)N(Cc1ccccn1)C(=O)c1ccc(Cl)c(Br)c1. The van der Waals surface area contributed by atoms with E-state index < -0.39 is 0 Å². The van der Waals surface area contributed by atoms with Crippen molar-refractivity contribution in [1.29, 1.82) is 0 Å². The van der Waals surface area contributed by atoms with Crippen molar-refractivity contribution < 1.29 is 4.79 Å². The number of carbonyl (C=O) groups is 1. The van der Waals surface area contributed by atoms with Crippen LogP contribution in [0.4, 0.5) is 0 Å². The van der Waals surface area contributed by atoms with Gasteiger partial charge in [0.25, 0.3) is 5.91 Å². The summed E-state index contributed by atoms with van der Waals surface area (Å²) in [5.74, 6) is -0.0342. The number of rotatable bonds is 4. The Morgan fingerprint density at radius 2 is 2.10 bits per heavy atom. The molecule has 0 unspecified atom stereocenters. The quantitative estimate of drug-likeness (QED) is 0.794. The van der Waals surface area contributed by atoms with Crippen LogP contribution in [-0.4, -0.2) is 21.8 Å². The Morgan fingerprint density at radius 1 is 1.33 bits per heavy atom. The van der Waals surface area contributed by atoms with Gasteiger partial charge in [0.05, 0.1) is 17.3 Å². The molecule has 110 valence electrons. The van der Waals surface area contributed by atoms with Gasteiger partial charge >= 0.3 is 0 Å². The van der Waals surface area contributed by atoms with Crippen LogP contribution >= 0.6 is 27.5 Å². The highest BCUT2D eigenvalue weighted by Crippen LogP contribution is 2.24. The summed E-state index contributed by atoms with van der Waals surface area (Å²) in [6.45, 7) is 4.47. The first-order valence-corrected chi connectivity index (χ1v) is 7.82. The second-order valence-corrected chi connectivity index (χ2v) is 6.24. The minimum atomic E-state index is -0.0342. The summed E-state index contributed by atoms with van der Waals surface area (Å²) in [6, 6.07) is 11.0. The van der Waals surface area contributed by atoms with E-state index in [0.29, 0.717) is 17.1 Å². The largest absolute Gasteiger partial charge is 0.330 e. The van der Waals surface area contributed by atoms with Crippen molar-refractivity contribution >= 4 is 33.4 Å². The molecule has 21 heavy (non-hydrogen) atoms. The molecule has 0 spiro atoms. The van der Waals surface area contributed by atoms with E-state index in [0.717, 1.165) is 10.2 Å². The molecule has 2 rings (SSSR count). The van der Waals surface area contributed by atoms with Gasteiger partial charge in [0, 0.05) is 22.3 Å². The van der Waals surface area contributed by atoms with Crippen LogP contribution in [-0.2, 0) is 6.54 Å². The molecular formula is C16H16BrClN2O. The molecule has 5 heteroatoms. The van der Waals surface area contributed by atoms with Crippen LogP contribution in [0.25, 0.3) is 0 Å². The zero-order chi connectivity index (χ0) is 15.4. The molecule has 1 aromatic heterocycles. The molecule has 0 N–H and O–H groups in total. The molecule has 0 atom stereocenters. The molecule has 1 aromatic carbocycles. The van der Waals surface area contributed by atoms with Crippen molar-refractivity contribution in [1.82, 2.24) is 9.88 Å². The minimum Gasteiger partial charge on any atom is -0.330 e. The summed E-state index contributed by atoms with van der Waals surface area (Å²) in [4.78, 5) is 18.8. The number of nitrogens with zero attached hydrogens (tertiary/aromatic N) is 2. The maximum absolute atomic E-state index is 12.7. The Hall–Kier alpha value is -1.39. The zero-order valence-corrected chi connectivity index (χ0v) is 14.2. The Morgan fingerprint density at radius 3 is 2.67 bits per heavy atom. The highest BCUT2D eigenvalue weighted by molar-refractivity contribution is 9.10. The van der Waals surface area contributed by atoms with Gasteiger partial charge in [0.1, 0.15) is 0 Å². The van der Waals surface area contributed by atoms with E-state index in [1.54, 1.807) is 29.3 Å². The van der Waals surface area contributed by atoms with E-state index in [9.17, 15) is 4.79 Å². The topological polar surface area (TPSA) is 33.2 Å². The van der Waals surface area contributed by atoms with E-state index in [4.69, 9.17) is 11.6 Å². The van der Waals surface area contributed by atoms with Crippen LogP contribution in [0.15, 0.2) is 47.1 Å². The smallest absolute Gasteiger partial charge is 0.254 e. The first kappa shape index (κ1) is 16.0. The lowest BCUT2D eigenvalue weighted by Gasteiger charge is -2.26. The lowest BCUT2D eigenvalue weighted by molar-refractivity contribution is 0.0688. The third-order valence-corrected chi connectivity index (χ3v) is 4.32. The van der Waals surface area contributed by atoms with Gasteiger partial charge < -0.3 is 4.90 Å². The average Bonchev–Trinajstić information content (AvgIpc) is 2.47. The van der Waals surface area contributed by atoms with Crippen LogP contribution in [0, 0.1) is 0 Å². The van der Waals surface area contributed by atoms with E-state index in [2.05, 4.69) is 20.9 Å². The fourth-order valence-corrected chi connectivity index (χ4v) is 2.45. The standard InChI is InChI=1S/C16H16BrClN2O/c1-11(2)20(10-13-5-3-4-8-19-13)16(21)12-6-7-15(18)14(17)9-12/h3-9,11H,10H2,1-2H3. The van der Waals surface area contributed by atoms with Crippen molar-refractivity contribution in [3.8, 4) is 0 Å². The normalized spacial score (nSPS) is 10.7. The molecule has 0 saturated heterocycles. The van der Waals surface area contributed by atoms with Crippen LogP contribution in [0.5, 0.6) is 0 Å². The van der Waals surface area contributed by atoms with Crippen LogP contribution in [0.1, 0.15) is 29.9 Å². The zero-order valence-electron chi connectivity index (χ0n) is 11.9. The Balaban J connectivity index is 2.25. The van der Waals surface area contributed by atoms with Gasteiger partial charge in [-0.15, -0.1) is 0 Å². The second-order valence-electron chi connectivity index (χ2n) is 4.98. The van der Waals surface area contributed by atoms with Gasteiger partial charge in [-0.2, -0.15) is 0 Å². The van der Waals surface area contributed by atoms with Gasteiger partial charge in [0.15, 0.2) is 0 Å². The number of hydrogen-bond acceptors (Lipinski definition) is 2. The lowest BCUT2D eigenvalue weighted by Crippen LogP contribution is -2.36. The van der Waals surface area contributed by atoms with Crippen LogP contribution in [0.2, 0.25) is 5.02 Å². The van der Waals surface area contributed by atoms with E-state index >= 15 is 0 Å². The third-order valence-electron chi connectivity index (χ3n) is 3.11. The highest BCUT2D eigenvalue weighted by atomic mass is 79.9. The van der Waals surface area contributed by atoms with Crippen LogP contribution < -0.4 is 0 Å². The molecule has 0 aliphatic carbocycles. The fraction of sp³-hybridized carbons (Fsp3) is 0.250. The summed E-state index contributed by atoms with van der Waals surface area (Å²) in [7, 11) is 0. The van der Waals surface area contributed by atoms with Gasteiger partial charge in [-0.05, 0) is 60.1 Å². The number of amides is 1. The van der Waals surface area contributed by atoms with E-state index in [1.807, 2.05) is 32.0 Å². The molecule has 0 aliphatic rings. The molecule has 0 bridgehead atoms. The molecule has 3 nitrogen and oxygen atoms in total. The lowest BCUT2D eigenvalue weighted by atomic mass is 10.1. The average molecular weight is 368 g/mol. The number of aromatic nitrogens is 1. The molecule has 0 aliphatic heterocycles. The predicted molar refractivity (Wildman–Crippen MR) is 88.4 cm³/mol. The predicted octanol–water partition coefficient (Wildman–Crippen LogP) is 4.55. The summed E-state index contributed by atoms with van der Waals surface area (Å²) in [5.41, 5.74) is 1.48. The Bertz CT molecular complexity index is 631. The summed E-state index contributed by atoms with van der Waals surface area (Å²) >= 11 is 9.33. The molecule has 0 saturated carbocycles. The number of benzene rings is 1. The monoisotopic (exact) mass is 366 g/mol. The van der Waals surface area contributed by atoms with Crippen LogP contribution in [0.3, 0.4) is 0 Å². The molecule has 2 aromatic rings. The Labute approximate surface area is 138 Å². The van der Waals surface area contributed by atoms with Gasteiger partial charge in [0.2, 0.25) is 0 Å². The van der Waals surface area contributed by atoms with Gasteiger partial charge in [-0.1, -0.05) is 17.7 Å². The van der Waals surface area contributed by atoms with Crippen molar-refractivity contribution in [3.05, 3.63) is 63.3 Å². The number of halogens is 2. The van der Waals surface area contributed by atoms with Crippen molar-refractivity contribution in [2.45, 2.75) is 26.4 Å². The number of hydrogen-bond donors (Lipinski definition) is 0. The fourth-order valence-electron chi connectivity index (χ4n) is 1.95. The number of pyridine rings is 1.